The third-order valence-electron chi connectivity index (χ3n) is 6.57. The minimum atomic E-state index is -1.12. The van der Waals surface area contributed by atoms with Gasteiger partial charge in [-0.15, -0.1) is 0 Å². The Morgan fingerprint density at radius 2 is 1.60 bits per heavy atom. The van der Waals surface area contributed by atoms with Crippen molar-refractivity contribution in [1.29, 1.82) is 0 Å². The van der Waals surface area contributed by atoms with Crippen molar-refractivity contribution in [3.8, 4) is 0 Å². The number of imide groups is 1. The molecule has 25 heavy (non-hydrogen) atoms. The number of carboxylic acids is 1. The van der Waals surface area contributed by atoms with Crippen LogP contribution in [0.3, 0.4) is 0 Å². The molecule has 0 unspecified atom stereocenters. The van der Waals surface area contributed by atoms with Crippen LogP contribution in [0.1, 0.15) is 12.0 Å². The van der Waals surface area contributed by atoms with E-state index in [2.05, 4.69) is 12.2 Å². The molecular formula is C20H19NO4. The van der Waals surface area contributed by atoms with E-state index in [0.29, 0.717) is 11.8 Å². The molecule has 1 N–H and O–H groups in total. The largest absolute Gasteiger partial charge is 0.480 e. The number of hydrogen-bond acceptors (Lipinski definition) is 3. The number of amides is 2. The number of carboxylic acid groups (broad SMARTS) is 1. The van der Waals surface area contributed by atoms with E-state index in [1.54, 1.807) is 0 Å². The van der Waals surface area contributed by atoms with Gasteiger partial charge in [0.2, 0.25) is 11.8 Å². The summed E-state index contributed by atoms with van der Waals surface area (Å²) in [6.45, 7) is 0. The van der Waals surface area contributed by atoms with Gasteiger partial charge in [0.15, 0.2) is 0 Å². The Morgan fingerprint density at radius 3 is 2.12 bits per heavy atom. The highest BCUT2D eigenvalue weighted by molar-refractivity contribution is 6.08. The van der Waals surface area contributed by atoms with Crippen molar-refractivity contribution in [3.05, 3.63) is 48.0 Å². The number of likely N-dealkylation sites (tertiary alicyclic amines) is 1. The van der Waals surface area contributed by atoms with Gasteiger partial charge in [-0.05, 0) is 35.7 Å². The molecule has 1 saturated heterocycles. The van der Waals surface area contributed by atoms with Crippen LogP contribution in [0.25, 0.3) is 0 Å². The average molecular weight is 337 g/mol. The van der Waals surface area contributed by atoms with E-state index in [-0.39, 0.29) is 41.9 Å². The first kappa shape index (κ1) is 14.9. The van der Waals surface area contributed by atoms with Crippen molar-refractivity contribution in [1.82, 2.24) is 4.90 Å². The first-order valence-corrected chi connectivity index (χ1v) is 8.90. The van der Waals surface area contributed by atoms with Crippen LogP contribution in [-0.4, -0.2) is 33.8 Å². The highest BCUT2D eigenvalue weighted by Crippen LogP contribution is 2.65. The van der Waals surface area contributed by atoms with Crippen LogP contribution in [0.2, 0.25) is 0 Å². The smallest absolute Gasteiger partial charge is 0.327 e. The van der Waals surface area contributed by atoms with Crippen LogP contribution < -0.4 is 0 Å². The number of carbonyl (C=O) groups excluding carboxylic acids is 2. The van der Waals surface area contributed by atoms with E-state index in [4.69, 9.17) is 0 Å². The van der Waals surface area contributed by atoms with Crippen LogP contribution in [0.15, 0.2) is 42.5 Å². The van der Waals surface area contributed by atoms with Crippen molar-refractivity contribution in [2.75, 3.05) is 0 Å². The first-order valence-electron chi connectivity index (χ1n) is 8.90. The van der Waals surface area contributed by atoms with Gasteiger partial charge in [-0.3, -0.25) is 14.5 Å². The maximum Gasteiger partial charge on any atom is 0.327 e. The van der Waals surface area contributed by atoms with Gasteiger partial charge < -0.3 is 5.11 Å². The number of hydrogen-bond donors (Lipinski definition) is 1. The maximum absolute atomic E-state index is 13.0. The summed E-state index contributed by atoms with van der Waals surface area (Å²) < 4.78 is 0. The lowest BCUT2D eigenvalue weighted by Crippen LogP contribution is -2.47. The average Bonchev–Trinajstić information content (AvgIpc) is 3.39. The van der Waals surface area contributed by atoms with E-state index in [1.165, 1.54) is 0 Å². The molecule has 0 radical (unpaired) electrons. The summed E-state index contributed by atoms with van der Waals surface area (Å²) in [4.78, 5) is 39.0. The van der Waals surface area contributed by atoms with Crippen molar-refractivity contribution in [3.63, 3.8) is 0 Å². The standard InChI is InChI=1S/C20H19NO4/c22-18-16-11-6-7-12(14-9-13(11)14)17(16)19(23)21(18)15(20(24)25)8-10-4-2-1-3-5-10/h1-7,11-17H,8-9H2,(H,24,25)/t11-,12-,13-,14-,15+,16-,17+/m1/s1. The summed E-state index contributed by atoms with van der Waals surface area (Å²) >= 11 is 0. The summed E-state index contributed by atoms with van der Waals surface area (Å²) in [6, 6.07) is 8.06. The molecule has 3 fully saturated rings. The minimum Gasteiger partial charge on any atom is -0.480 e. The number of benzene rings is 1. The van der Waals surface area contributed by atoms with E-state index in [1.807, 2.05) is 30.3 Å². The number of carbonyl (C=O) groups is 3. The Hall–Kier alpha value is -2.43. The van der Waals surface area contributed by atoms with Gasteiger partial charge in [0.25, 0.3) is 0 Å². The predicted molar refractivity (Wildman–Crippen MR) is 88.1 cm³/mol. The SMILES string of the molecule is O=C(O)[C@H](Cc1ccccc1)N1C(=O)[C@@H]2[C@@H]3C=C[C@H]([C@H]4C[C@H]34)[C@@H]2C1=O. The van der Waals surface area contributed by atoms with Gasteiger partial charge >= 0.3 is 5.97 Å². The lowest BCUT2D eigenvalue weighted by Gasteiger charge is -2.37. The van der Waals surface area contributed by atoms with E-state index >= 15 is 0 Å². The third-order valence-corrected chi connectivity index (χ3v) is 6.57. The molecule has 2 saturated carbocycles. The van der Waals surface area contributed by atoms with Crippen LogP contribution in [0.4, 0.5) is 0 Å². The number of nitrogens with zero attached hydrogens (tertiary/aromatic N) is 1. The molecule has 2 amide bonds. The molecule has 5 heteroatoms. The molecule has 1 heterocycles. The van der Waals surface area contributed by atoms with Crippen molar-refractivity contribution in [2.45, 2.75) is 18.9 Å². The monoisotopic (exact) mass is 337 g/mol. The zero-order chi connectivity index (χ0) is 17.3. The number of allylic oxidation sites excluding steroid dienone is 2. The second-order valence-corrected chi connectivity index (χ2v) is 7.74. The summed E-state index contributed by atoms with van der Waals surface area (Å²) in [6.07, 6.45) is 5.45. The van der Waals surface area contributed by atoms with Crippen LogP contribution in [-0.2, 0) is 20.8 Å². The van der Waals surface area contributed by atoms with E-state index < -0.39 is 12.0 Å². The van der Waals surface area contributed by atoms with E-state index in [9.17, 15) is 19.5 Å². The topological polar surface area (TPSA) is 74.7 Å². The van der Waals surface area contributed by atoms with Gasteiger partial charge in [-0.2, -0.15) is 0 Å². The molecule has 5 aliphatic rings. The zero-order valence-corrected chi connectivity index (χ0v) is 13.6. The summed E-state index contributed by atoms with van der Waals surface area (Å²) in [5, 5.41) is 9.71. The molecule has 1 aliphatic heterocycles. The van der Waals surface area contributed by atoms with Gasteiger partial charge in [-0.25, -0.2) is 4.79 Å². The molecule has 0 aromatic heterocycles. The van der Waals surface area contributed by atoms with Crippen LogP contribution in [0, 0.1) is 35.5 Å². The fourth-order valence-electron chi connectivity index (χ4n) is 5.41. The first-order chi connectivity index (χ1) is 12.1. The maximum atomic E-state index is 13.0. The summed E-state index contributed by atoms with van der Waals surface area (Å²) in [7, 11) is 0. The van der Waals surface area contributed by atoms with Crippen molar-refractivity contribution < 1.29 is 19.5 Å². The summed E-state index contributed by atoms with van der Waals surface area (Å²) in [5.41, 5.74) is 0.814. The minimum absolute atomic E-state index is 0.118. The molecule has 4 aliphatic carbocycles. The predicted octanol–water partition coefficient (Wildman–Crippen LogP) is 1.74. The molecule has 128 valence electrons. The Bertz CT molecular complexity index is 765. The Kier molecular flexibility index (Phi) is 3.00. The van der Waals surface area contributed by atoms with Gasteiger partial charge in [-0.1, -0.05) is 42.5 Å². The Morgan fingerprint density at radius 1 is 1.04 bits per heavy atom. The Labute approximate surface area is 145 Å². The lowest BCUT2D eigenvalue weighted by molar-refractivity contribution is -0.155. The number of aliphatic carboxylic acids is 1. The molecular weight excluding hydrogens is 318 g/mol. The van der Waals surface area contributed by atoms with Crippen molar-refractivity contribution in [2.24, 2.45) is 35.5 Å². The van der Waals surface area contributed by atoms with E-state index in [0.717, 1.165) is 16.9 Å². The van der Waals surface area contributed by atoms with Gasteiger partial charge in [0.05, 0.1) is 11.8 Å². The van der Waals surface area contributed by atoms with Crippen molar-refractivity contribution >= 4 is 17.8 Å². The second-order valence-electron chi connectivity index (χ2n) is 7.74. The van der Waals surface area contributed by atoms with Crippen LogP contribution in [0.5, 0.6) is 0 Å². The molecule has 1 aromatic carbocycles. The van der Waals surface area contributed by atoms with Crippen LogP contribution >= 0.6 is 0 Å². The fourth-order valence-corrected chi connectivity index (χ4v) is 5.41. The summed E-state index contributed by atoms with van der Waals surface area (Å²) in [5.74, 6) is -1.08. The quantitative estimate of drug-likeness (QED) is 0.671. The van der Waals surface area contributed by atoms with Gasteiger partial charge in [0.1, 0.15) is 6.04 Å². The highest BCUT2D eigenvalue weighted by atomic mass is 16.4. The molecule has 0 spiro atoms. The molecule has 7 atom stereocenters. The lowest BCUT2D eigenvalue weighted by atomic mass is 9.63. The fraction of sp³-hybridized carbons (Fsp3) is 0.450. The Balaban J connectivity index is 1.48. The normalized spacial score (nSPS) is 38.5. The molecule has 1 aromatic rings. The highest BCUT2D eigenvalue weighted by Gasteiger charge is 2.67. The second kappa shape index (κ2) is 5.04. The number of rotatable bonds is 4. The molecule has 5 nitrogen and oxygen atoms in total. The molecule has 2 bridgehead atoms. The van der Waals surface area contributed by atoms with Gasteiger partial charge in [0, 0.05) is 6.42 Å². The molecule has 6 rings (SSSR count). The zero-order valence-electron chi connectivity index (χ0n) is 13.6. The third kappa shape index (κ3) is 1.98.